The Labute approximate surface area is 122 Å². The third-order valence-corrected chi connectivity index (χ3v) is 4.48. The average molecular weight is 321 g/mol. The number of carbonyl (C=O) groups is 1. The summed E-state index contributed by atoms with van der Waals surface area (Å²) >= 11 is 0. The van der Waals surface area contributed by atoms with Gasteiger partial charge in [0.1, 0.15) is 11.6 Å². The highest BCUT2D eigenvalue weighted by atomic mass is 32.2. The van der Waals surface area contributed by atoms with Gasteiger partial charge < -0.3 is 5.11 Å². The van der Waals surface area contributed by atoms with Crippen molar-refractivity contribution >= 4 is 16.0 Å². The summed E-state index contributed by atoms with van der Waals surface area (Å²) in [6, 6.07) is 2.82. The molecule has 0 radical (unpaired) electrons. The number of rotatable bonds is 8. The van der Waals surface area contributed by atoms with Crippen LogP contribution < -0.4 is 4.72 Å². The molecule has 21 heavy (non-hydrogen) atoms. The maximum atomic E-state index is 13.4. The average Bonchev–Trinajstić information content (AvgIpc) is 2.35. The van der Waals surface area contributed by atoms with Crippen LogP contribution in [0.2, 0.25) is 0 Å². The van der Waals surface area contributed by atoms with Crippen molar-refractivity contribution in [3.63, 3.8) is 0 Å². The third kappa shape index (κ3) is 5.39. The van der Waals surface area contributed by atoms with Gasteiger partial charge in [0.2, 0.25) is 10.0 Å². The Bertz CT molecular complexity index is 584. The molecule has 8 heteroatoms. The second-order valence-electron chi connectivity index (χ2n) is 4.77. The fourth-order valence-electron chi connectivity index (χ4n) is 1.77. The van der Waals surface area contributed by atoms with E-state index in [1.165, 1.54) is 0 Å². The van der Waals surface area contributed by atoms with E-state index < -0.39 is 32.5 Å². The van der Waals surface area contributed by atoms with Crippen LogP contribution in [0.15, 0.2) is 23.1 Å². The maximum absolute atomic E-state index is 13.4. The minimum absolute atomic E-state index is 0.00411. The van der Waals surface area contributed by atoms with Crippen LogP contribution in [0.3, 0.4) is 0 Å². The zero-order chi connectivity index (χ0) is 16.0. The van der Waals surface area contributed by atoms with Crippen LogP contribution in [0, 0.1) is 17.6 Å². The zero-order valence-electron chi connectivity index (χ0n) is 11.5. The van der Waals surface area contributed by atoms with Gasteiger partial charge in [-0.15, -0.1) is 0 Å². The predicted octanol–water partition coefficient (Wildman–Crippen LogP) is 2.13. The normalized spacial score (nSPS) is 13.1. The molecule has 1 aromatic rings. The molecule has 0 aromatic heterocycles. The molecule has 0 amide bonds. The molecule has 0 fully saturated rings. The fourth-order valence-corrected chi connectivity index (χ4v) is 2.95. The molecule has 5 nitrogen and oxygen atoms in total. The maximum Gasteiger partial charge on any atom is 0.303 e. The Morgan fingerprint density at radius 1 is 1.29 bits per heavy atom. The van der Waals surface area contributed by atoms with Crippen molar-refractivity contribution in [1.29, 1.82) is 0 Å². The first kappa shape index (κ1) is 17.5. The molecule has 2 N–H and O–H groups in total. The van der Waals surface area contributed by atoms with E-state index in [1.54, 1.807) is 6.92 Å². The summed E-state index contributed by atoms with van der Waals surface area (Å²) in [6.45, 7) is 1.76. The van der Waals surface area contributed by atoms with Gasteiger partial charge in [-0.1, -0.05) is 13.0 Å². The summed E-state index contributed by atoms with van der Waals surface area (Å²) in [5.41, 5.74) is 0. The number of nitrogens with one attached hydrogen (secondary N) is 1. The number of halogens is 2. The predicted molar refractivity (Wildman–Crippen MR) is 72.2 cm³/mol. The number of hydrogen-bond donors (Lipinski definition) is 2. The van der Waals surface area contributed by atoms with Gasteiger partial charge in [-0.05, 0) is 30.9 Å². The first-order valence-corrected chi connectivity index (χ1v) is 7.88. The summed E-state index contributed by atoms with van der Waals surface area (Å²) in [5.74, 6) is -3.24. The topological polar surface area (TPSA) is 83.5 Å². The van der Waals surface area contributed by atoms with E-state index in [0.29, 0.717) is 12.8 Å². The molecule has 118 valence electrons. The van der Waals surface area contributed by atoms with Crippen molar-refractivity contribution in [2.75, 3.05) is 6.54 Å². The van der Waals surface area contributed by atoms with E-state index in [9.17, 15) is 22.0 Å². The van der Waals surface area contributed by atoms with Crippen molar-refractivity contribution in [2.24, 2.45) is 5.92 Å². The summed E-state index contributed by atoms with van der Waals surface area (Å²) in [5, 5.41) is 8.53. The van der Waals surface area contributed by atoms with Crippen LogP contribution in [0.1, 0.15) is 26.2 Å². The quantitative estimate of drug-likeness (QED) is 0.768. The SMILES string of the molecule is CC(CCNS(=O)(=O)c1c(F)cccc1F)CCC(=O)O. The van der Waals surface area contributed by atoms with Crippen LogP contribution in [-0.4, -0.2) is 26.0 Å². The van der Waals surface area contributed by atoms with Gasteiger partial charge in [-0.2, -0.15) is 0 Å². The van der Waals surface area contributed by atoms with Crippen LogP contribution in [-0.2, 0) is 14.8 Å². The second-order valence-corrected chi connectivity index (χ2v) is 6.48. The standard InChI is InChI=1S/C13H17F2NO4S/c1-9(5-6-12(17)18)7-8-16-21(19,20)13-10(14)3-2-4-11(13)15/h2-4,9,16H,5-8H2,1H3,(H,17,18). The molecule has 0 saturated carbocycles. The Kier molecular flexibility index (Phi) is 6.22. The molecule has 0 aliphatic heterocycles. The highest BCUT2D eigenvalue weighted by Gasteiger charge is 2.23. The first-order chi connectivity index (χ1) is 9.74. The van der Waals surface area contributed by atoms with E-state index >= 15 is 0 Å². The molecule has 1 unspecified atom stereocenters. The minimum atomic E-state index is -4.26. The number of benzene rings is 1. The lowest BCUT2D eigenvalue weighted by Crippen LogP contribution is -2.27. The number of hydrogen-bond acceptors (Lipinski definition) is 3. The molecule has 0 aliphatic carbocycles. The zero-order valence-corrected chi connectivity index (χ0v) is 12.3. The number of carboxylic acid groups (broad SMARTS) is 1. The first-order valence-electron chi connectivity index (χ1n) is 6.39. The van der Waals surface area contributed by atoms with Crippen LogP contribution in [0.5, 0.6) is 0 Å². The van der Waals surface area contributed by atoms with Crippen molar-refractivity contribution < 1.29 is 27.1 Å². The molecular formula is C13H17F2NO4S. The summed E-state index contributed by atoms with van der Waals surface area (Å²) in [7, 11) is -4.26. The van der Waals surface area contributed by atoms with Crippen LogP contribution in [0.4, 0.5) is 8.78 Å². The van der Waals surface area contributed by atoms with Crippen molar-refractivity contribution in [2.45, 2.75) is 31.1 Å². The second kappa shape index (κ2) is 7.46. The van der Waals surface area contributed by atoms with Gasteiger partial charge in [0.15, 0.2) is 4.90 Å². The number of aliphatic carboxylic acids is 1. The highest BCUT2D eigenvalue weighted by Crippen LogP contribution is 2.18. The molecule has 1 rings (SSSR count). The van der Waals surface area contributed by atoms with E-state index in [-0.39, 0.29) is 18.9 Å². The molecule has 0 saturated heterocycles. The smallest absolute Gasteiger partial charge is 0.303 e. The van der Waals surface area contributed by atoms with Crippen molar-refractivity contribution in [1.82, 2.24) is 4.72 Å². The van der Waals surface area contributed by atoms with Gasteiger partial charge in [-0.3, -0.25) is 4.79 Å². The molecule has 1 aromatic carbocycles. The molecule has 0 heterocycles. The Morgan fingerprint density at radius 2 is 1.86 bits per heavy atom. The van der Waals surface area contributed by atoms with E-state index in [1.807, 2.05) is 0 Å². The Morgan fingerprint density at radius 3 is 2.38 bits per heavy atom. The fraction of sp³-hybridized carbons (Fsp3) is 0.462. The third-order valence-electron chi connectivity index (χ3n) is 2.97. The molecule has 0 spiro atoms. The lowest BCUT2D eigenvalue weighted by molar-refractivity contribution is -0.137. The van der Waals surface area contributed by atoms with E-state index in [0.717, 1.165) is 18.2 Å². The van der Waals surface area contributed by atoms with Gasteiger partial charge in [0.25, 0.3) is 0 Å². The van der Waals surface area contributed by atoms with Gasteiger partial charge in [0.05, 0.1) is 0 Å². The summed E-state index contributed by atoms with van der Waals surface area (Å²) < 4.78 is 52.6. The lowest BCUT2D eigenvalue weighted by atomic mass is 10.0. The van der Waals surface area contributed by atoms with Gasteiger partial charge in [-0.25, -0.2) is 21.9 Å². The Hall–Kier alpha value is -1.54. The monoisotopic (exact) mass is 321 g/mol. The lowest BCUT2D eigenvalue weighted by Gasteiger charge is -2.12. The summed E-state index contributed by atoms with van der Waals surface area (Å²) in [6.07, 6.45) is 0.781. The molecule has 0 aliphatic rings. The summed E-state index contributed by atoms with van der Waals surface area (Å²) in [4.78, 5) is 9.40. The van der Waals surface area contributed by atoms with Crippen LogP contribution >= 0.6 is 0 Å². The largest absolute Gasteiger partial charge is 0.481 e. The minimum Gasteiger partial charge on any atom is -0.481 e. The van der Waals surface area contributed by atoms with E-state index in [4.69, 9.17) is 5.11 Å². The molecule has 0 bridgehead atoms. The Balaban J connectivity index is 2.60. The highest BCUT2D eigenvalue weighted by molar-refractivity contribution is 7.89. The van der Waals surface area contributed by atoms with E-state index in [2.05, 4.69) is 4.72 Å². The molecule has 1 atom stereocenters. The van der Waals surface area contributed by atoms with Crippen molar-refractivity contribution in [3.05, 3.63) is 29.8 Å². The van der Waals surface area contributed by atoms with Crippen molar-refractivity contribution in [3.8, 4) is 0 Å². The van der Waals surface area contributed by atoms with Gasteiger partial charge in [0, 0.05) is 13.0 Å². The van der Waals surface area contributed by atoms with Crippen LogP contribution in [0.25, 0.3) is 0 Å². The number of sulfonamides is 1. The number of carboxylic acids is 1. The molecular weight excluding hydrogens is 304 g/mol. The van der Waals surface area contributed by atoms with Gasteiger partial charge >= 0.3 is 5.97 Å².